The first-order valence-corrected chi connectivity index (χ1v) is 7.43. The van der Waals surface area contributed by atoms with E-state index in [0.717, 1.165) is 19.6 Å². The van der Waals surface area contributed by atoms with Crippen LogP contribution in [0.2, 0.25) is 0 Å². The van der Waals surface area contributed by atoms with E-state index in [4.69, 9.17) is 0 Å². The van der Waals surface area contributed by atoms with Crippen LogP contribution in [0.4, 0.5) is 0 Å². The maximum absolute atomic E-state index is 3.55. The molecule has 0 aliphatic heterocycles. The highest BCUT2D eigenvalue weighted by Crippen LogP contribution is 2.14. The van der Waals surface area contributed by atoms with E-state index in [0.29, 0.717) is 6.04 Å². The normalized spacial score (nSPS) is 13.0. The molecule has 1 atom stereocenters. The Morgan fingerprint density at radius 1 is 1.29 bits per heavy atom. The smallest absolute Gasteiger partial charge is 0.0208 e. The molecule has 0 aliphatic carbocycles. The molecule has 0 aliphatic rings. The van der Waals surface area contributed by atoms with E-state index >= 15 is 0 Å². The Balaban J connectivity index is 2.34. The van der Waals surface area contributed by atoms with Crippen LogP contribution >= 0.6 is 11.8 Å². The lowest BCUT2D eigenvalue weighted by Crippen LogP contribution is -2.36. The van der Waals surface area contributed by atoms with Crippen molar-refractivity contribution in [1.82, 2.24) is 10.2 Å². The molecule has 1 N–H and O–H groups in total. The van der Waals surface area contributed by atoms with Crippen molar-refractivity contribution >= 4 is 11.8 Å². The van der Waals surface area contributed by atoms with Crippen molar-refractivity contribution < 1.29 is 0 Å². The third-order valence-electron chi connectivity index (χ3n) is 2.94. The molecule has 2 nitrogen and oxygen atoms in total. The van der Waals surface area contributed by atoms with E-state index in [1.54, 1.807) is 11.8 Å². The molecule has 0 heterocycles. The summed E-state index contributed by atoms with van der Waals surface area (Å²) in [6, 6.07) is 9.30. The molecule has 1 aromatic carbocycles. The fourth-order valence-corrected chi connectivity index (χ4v) is 2.10. The zero-order chi connectivity index (χ0) is 12.7. The molecule has 1 unspecified atom stereocenters. The van der Waals surface area contributed by atoms with Gasteiger partial charge in [0.05, 0.1) is 0 Å². The van der Waals surface area contributed by atoms with E-state index in [1.807, 2.05) is 0 Å². The number of rotatable bonds is 7. The molecule has 1 aromatic rings. The maximum Gasteiger partial charge on any atom is 0.0208 e. The second kappa shape index (κ2) is 7.75. The van der Waals surface area contributed by atoms with Gasteiger partial charge in [-0.15, -0.1) is 11.8 Å². The van der Waals surface area contributed by atoms with Crippen LogP contribution in [-0.2, 0) is 6.54 Å². The van der Waals surface area contributed by atoms with Gasteiger partial charge in [-0.05, 0) is 44.5 Å². The third-order valence-corrected chi connectivity index (χ3v) is 3.68. The Morgan fingerprint density at radius 2 is 1.94 bits per heavy atom. The highest BCUT2D eigenvalue weighted by molar-refractivity contribution is 7.98. The van der Waals surface area contributed by atoms with Crippen molar-refractivity contribution in [2.24, 2.45) is 0 Å². The van der Waals surface area contributed by atoms with Gasteiger partial charge >= 0.3 is 0 Å². The molecule has 0 saturated heterocycles. The summed E-state index contributed by atoms with van der Waals surface area (Å²) in [5, 5.41) is 3.55. The molecule has 0 aromatic heterocycles. The Hall–Kier alpha value is -0.510. The van der Waals surface area contributed by atoms with Crippen LogP contribution in [0, 0.1) is 0 Å². The minimum atomic E-state index is 0.528. The van der Waals surface area contributed by atoms with Gasteiger partial charge in [0, 0.05) is 24.0 Å². The molecule has 0 fully saturated rings. The van der Waals surface area contributed by atoms with Gasteiger partial charge in [-0.3, -0.25) is 0 Å². The summed E-state index contributed by atoms with van der Waals surface area (Å²) in [6.07, 6.45) is 2.11. The van der Waals surface area contributed by atoms with Crippen LogP contribution in [0.25, 0.3) is 0 Å². The Bertz CT molecular complexity index is 311. The molecule has 0 saturated carbocycles. The van der Waals surface area contributed by atoms with Crippen LogP contribution in [0.15, 0.2) is 29.2 Å². The summed E-state index contributed by atoms with van der Waals surface area (Å²) in [6.45, 7) is 7.58. The van der Waals surface area contributed by atoms with Crippen molar-refractivity contribution in [1.29, 1.82) is 0 Å². The molecule has 96 valence electrons. The number of likely N-dealkylation sites (N-methyl/N-ethyl adjacent to an activating group) is 1. The number of nitrogens with zero attached hydrogens (tertiary/aromatic N) is 1. The first-order valence-electron chi connectivity index (χ1n) is 6.20. The molecule has 1 rings (SSSR count). The predicted molar refractivity (Wildman–Crippen MR) is 77.7 cm³/mol. The van der Waals surface area contributed by atoms with Crippen LogP contribution in [0.5, 0.6) is 0 Å². The summed E-state index contributed by atoms with van der Waals surface area (Å²) >= 11 is 1.79. The minimum absolute atomic E-state index is 0.528. The topological polar surface area (TPSA) is 15.3 Å². The van der Waals surface area contributed by atoms with Crippen LogP contribution in [-0.4, -0.2) is 37.3 Å². The number of benzene rings is 1. The van der Waals surface area contributed by atoms with Gasteiger partial charge in [-0.25, -0.2) is 0 Å². The van der Waals surface area contributed by atoms with Gasteiger partial charge < -0.3 is 10.2 Å². The third kappa shape index (κ3) is 5.57. The van der Waals surface area contributed by atoms with E-state index < -0.39 is 0 Å². The first kappa shape index (κ1) is 14.6. The summed E-state index contributed by atoms with van der Waals surface area (Å²) in [5.41, 5.74) is 1.36. The largest absolute Gasteiger partial charge is 0.309 e. The molecule has 0 radical (unpaired) electrons. The lowest BCUT2D eigenvalue weighted by Gasteiger charge is -2.20. The SMILES string of the molecule is CCN(C)CC(C)NCc1ccc(SC)cc1. The molecular weight excluding hydrogens is 228 g/mol. The van der Waals surface area contributed by atoms with Crippen molar-refractivity contribution in [2.45, 2.75) is 31.3 Å². The monoisotopic (exact) mass is 252 g/mol. The standard InChI is InChI=1S/C14H24N2S/c1-5-16(3)11-12(2)15-10-13-6-8-14(17-4)9-7-13/h6-9,12,15H,5,10-11H2,1-4H3. The molecule has 0 bridgehead atoms. The lowest BCUT2D eigenvalue weighted by molar-refractivity contribution is 0.309. The van der Waals surface area contributed by atoms with E-state index in [1.165, 1.54) is 10.5 Å². The molecule has 0 spiro atoms. The summed E-state index contributed by atoms with van der Waals surface area (Å²) in [5.74, 6) is 0. The van der Waals surface area contributed by atoms with Gasteiger partial charge in [0.2, 0.25) is 0 Å². The Morgan fingerprint density at radius 3 is 2.47 bits per heavy atom. The highest BCUT2D eigenvalue weighted by Gasteiger charge is 2.04. The molecule has 17 heavy (non-hydrogen) atoms. The number of thioether (sulfide) groups is 1. The average molecular weight is 252 g/mol. The zero-order valence-corrected chi connectivity index (χ0v) is 12.2. The summed E-state index contributed by atoms with van der Waals surface area (Å²) in [4.78, 5) is 3.65. The first-order chi connectivity index (χ1) is 8.15. The van der Waals surface area contributed by atoms with Crippen molar-refractivity contribution in [3.8, 4) is 0 Å². The predicted octanol–water partition coefficient (Wildman–Crippen LogP) is 2.84. The number of nitrogens with one attached hydrogen (secondary N) is 1. The van der Waals surface area contributed by atoms with Crippen molar-refractivity contribution in [3.63, 3.8) is 0 Å². The Labute approximate surface area is 110 Å². The van der Waals surface area contributed by atoms with Gasteiger partial charge in [-0.2, -0.15) is 0 Å². The summed E-state index contributed by atoms with van der Waals surface area (Å²) in [7, 11) is 2.16. The number of hydrogen-bond donors (Lipinski definition) is 1. The van der Waals surface area contributed by atoms with Crippen LogP contribution in [0.3, 0.4) is 0 Å². The highest BCUT2D eigenvalue weighted by atomic mass is 32.2. The second-order valence-corrected chi connectivity index (χ2v) is 5.36. The molecule has 0 amide bonds. The molecular formula is C14H24N2S. The van der Waals surface area contributed by atoms with Gasteiger partial charge in [0.15, 0.2) is 0 Å². The zero-order valence-electron chi connectivity index (χ0n) is 11.4. The van der Waals surface area contributed by atoms with Crippen molar-refractivity contribution in [2.75, 3.05) is 26.4 Å². The van der Waals surface area contributed by atoms with Gasteiger partial charge in [-0.1, -0.05) is 19.1 Å². The van der Waals surface area contributed by atoms with Gasteiger partial charge in [0.25, 0.3) is 0 Å². The number of hydrogen-bond acceptors (Lipinski definition) is 3. The van der Waals surface area contributed by atoms with Gasteiger partial charge in [0.1, 0.15) is 0 Å². The summed E-state index contributed by atoms with van der Waals surface area (Å²) < 4.78 is 0. The maximum atomic E-state index is 3.55. The molecule has 3 heteroatoms. The van der Waals surface area contributed by atoms with Crippen LogP contribution < -0.4 is 5.32 Å². The van der Waals surface area contributed by atoms with Crippen LogP contribution in [0.1, 0.15) is 19.4 Å². The van der Waals surface area contributed by atoms with E-state index in [-0.39, 0.29) is 0 Å². The average Bonchev–Trinajstić information content (AvgIpc) is 2.36. The lowest BCUT2D eigenvalue weighted by atomic mass is 10.2. The van der Waals surface area contributed by atoms with E-state index in [9.17, 15) is 0 Å². The quantitative estimate of drug-likeness (QED) is 0.751. The Kier molecular flexibility index (Phi) is 6.63. The van der Waals surface area contributed by atoms with Crippen molar-refractivity contribution in [3.05, 3.63) is 29.8 Å². The van der Waals surface area contributed by atoms with E-state index in [2.05, 4.69) is 61.6 Å². The second-order valence-electron chi connectivity index (χ2n) is 4.48. The fourth-order valence-electron chi connectivity index (χ4n) is 1.70. The minimum Gasteiger partial charge on any atom is -0.309 e. The fraction of sp³-hybridized carbons (Fsp3) is 0.571.